The van der Waals surface area contributed by atoms with Gasteiger partial charge in [0.15, 0.2) is 18.1 Å². The molecule has 1 aliphatic heterocycles. The van der Waals surface area contributed by atoms with Gasteiger partial charge in [0.1, 0.15) is 5.75 Å². The van der Waals surface area contributed by atoms with Gasteiger partial charge in [0.25, 0.3) is 5.91 Å². The van der Waals surface area contributed by atoms with Crippen molar-refractivity contribution in [3.05, 3.63) is 72.8 Å². The van der Waals surface area contributed by atoms with Crippen molar-refractivity contribution in [2.75, 3.05) is 18.7 Å². The van der Waals surface area contributed by atoms with Gasteiger partial charge in [-0.2, -0.15) is 0 Å². The molecule has 3 aromatic carbocycles. The largest absolute Gasteiger partial charge is 0.484 e. The molecule has 3 aromatic rings. The summed E-state index contributed by atoms with van der Waals surface area (Å²) in [5, 5.41) is 2.78. The monoisotopic (exact) mass is 347 g/mol. The number of carbonyl (C=O) groups is 1. The summed E-state index contributed by atoms with van der Waals surface area (Å²) >= 11 is 0. The highest BCUT2D eigenvalue weighted by Crippen LogP contribution is 2.34. The minimum absolute atomic E-state index is 0.0703. The van der Waals surface area contributed by atoms with Crippen LogP contribution in [0.5, 0.6) is 17.2 Å². The first-order chi connectivity index (χ1) is 12.8. The molecule has 1 N–H and O–H groups in total. The number of fused-ring (bicyclic) bond motifs is 1. The molecule has 0 aliphatic carbocycles. The van der Waals surface area contributed by atoms with Gasteiger partial charge >= 0.3 is 0 Å². The van der Waals surface area contributed by atoms with Crippen LogP contribution in [0.25, 0.3) is 11.1 Å². The third-order valence-corrected chi connectivity index (χ3v) is 3.99. The zero-order chi connectivity index (χ0) is 17.8. The molecule has 0 radical (unpaired) electrons. The summed E-state index contributed by atoms with van der Waals surface area (Å²) in [6, 6.07) is 23.0. The maximum Gasteiger partial charge on any atom is 0.262 e. The van der Waals surface area contributed by atoms with Gasteiger partial charge < -0.3 is 19.5 Å². The van der Waals surface area contributed by atoms with E-state index in [2.05, 4.69) is 17.4 Å². The Bertz CT molecular complexity index is 907. The van der Waals surface area contributed by atoms with Crippen LogP contribution in [0.1, 0.15) is 0 Å². The van der Waals surface area contributed by atoms with Crippen LogP contribution in [0.3, 0.4) is 0 Å². The van der Waals surface area contributed by atoms with Crippen molar-refractivity contribution in [2.45, 2.75) is 0 Å². The average molecular weight is 347 g/mol. The first-order valence-electron chi connectivity index (χ1n) is 8.26. The number of anilines is 1. The van der Waals surface area contributed by atoms with E-state index in [9.17, 15) is 4.79 Å². The second-order valence-electron chi connectivity index (χ2n) is 5.80. The van der Waals surface area contributed by atoms with Crippen molar-refractivity contribution in [3.8, 4) is 28.4 Å². The highest BCUT2D eigenvalue weighted by Gasteiger charge is 2.14. The van der Waals surface area contributed by atoms with Gasteiger partial charge in [0, 0.05) is 11.8 Å². The lowest BCUT2D eigenvalue weighted by Gasteiger charge is -2.09. The standard InChI is InChI=1S/C21H17NO4/c23-21(22-17-8-11-19-20(12-17)26-14-25-19)13-24-18-9-6-16(7-10-18)15-4-2-1-3-5-15/h1-12H,13-14H2,(H,22,23). The van der Waals surface area contributed by atoms with E-state index in [1.807, 2.05) is 42.5 Å². The van der Waals surface area contributed by atoms with Crippen molar-refractivity contribution in [1.29, 1.82) is 0 Å². The highest BCUT2D eigenvalue weighted by molar-refractivity contribution is 5.92. The predicted octanol–water partition coefficient (Wildman–Crippen LogP) is 4.10. The quantitative estimate of drug-likeness (QED) is 0.755. The number of hydrogen-bond acceptors (Lipinski definition) is 4. The zero-order valence-electron chi connectivity index (χ0n) is 14.0. The Hall–Kier alpha value is -3.47. The number of benzene rings is 3. The lowest BCUT2D eigenvalue weighted by molar-refractivity contribution is -0.118. The molecule has 0 saturated heterocycles. The number of carbonyl (C=O) groups excluding carboxylic acids is 1. The fraction of sp³-hybridized carbons (Fsp3) is 0.0952. The Morgan fingerprint density at radius 1 is 0.885 bits per heavy atom. The summed E-state index contributed by atoms with van der Waals surface area (Å²) in [5.74, 6) is 1.71. The minimum Gasteiger partial charge on any atom is -0.484 e. The van der Waals surface area contributed by atoms with Gasteiger partial charge in [0.05, 0.1) is 0 Å². The lowest BCUT2D eigenvalue weighted by Crippen LogP contribution is -2.20. The topological polar surface area (TPSA) is 56.8 Å². The molecule has 0 saturated carbocycles. The van der Waals surface area contributed by atoms with Crippen LogP contribution in [-0.4, -0.2) is 19.3 Å². The summed E-state index contributed by atoms with van der Waals surface area (Å²) in [6.45, 7) is 0.133. The minimum atomic E-state index is -0.240. The average Bonchev–Trinajstić information content (AvgIpc) is 3.15. The molecule has 1 heterocycles. The van der Waals surface area contributed by atoms with Crippen LogP contribution in [0.2, 0.25) is 0 Å². The highest BCUT2D eigenvalue weighted by atomic mass is 16.7. The van der Waals surface area contributed by atoms with Crippen molar-refractivity contribution in [2.24, 2.45) is 0 Å². The van der Waals surface area contributed by atoms with Gasteiger partial charge in [-0.1, -0.05) is 42.5 Å². The first kappa shape index (κ1) is 16.0. The number of ether oxygens (including phenoxy) is 3. The third kappa shape index (κ3) is 3.62. The Morgan fingerprint density at radius 2 is 1.62 bits per heavy atom. The van der Waals surface area contributed by atoms with Crippen molar-refractivity contribution in [3.63, 3.8) is 0 Å². The summed E-state index contributed by atoms with van der Waals surface area (Å²) in [7, 11) is 0. The second kappa shape index (κ2) is 7.19. The predicted molar refractivity (Wildman–Crippen MR) is 98.6 cm³/mol. The molecule has 0 aromatic heterocycles. The van der Waals surface area contributed by atoms with Gasteiger partial charge in [-0.25, -0.2) is 0 Å². The summed E-state index contributed by atoms with van der Waals surface area (Å²) in [5.41, 5.74) is 2.88. The third-order valence-electron chi connectivity index (χ3n) is 3.99. The van der Waals surface area contributed by atoms with Crippen LogP contribution in [0.4, 0.5) is 5.69 Å². The molecular formula is C21H17NO4. The SMILES string of the molecule is O=C(COc1ccc(-c2ccccc2)cc1)Nc1ccc2c(c1)OCO2. The van der Waals surface area contributed by atoms with Crippen molar-refractivity contribution < 1.29 is 19.0 Å². The zero-order valence-corrected chi connectivity index (χ0v) is 14.0. The Labute approximate surface area is 151 Å². The molecule has 0 spiro atoms. The Morgan fingerprint density at radius 3 is 2.42 bits per heavy atom. The van der Waals surface area contributed by atoms with Crippen LogP contribution in [-0.2, 0) is 4.79 Å². The number of amides is 1. The Kier molecular flexibility index (Phi) is 4.43. The first-order valence-corrected chi connectivity index (χ1v) is 8.26. The van der Waals surface area contributed by atoms with Gasteiger partial charge in [-0.3, -0.25) is 4.79 Å². The van der Waals surface area contributed by atoms with E-state index >= 15 is 0 Å². The lowest BCUT2D eigenvalue weighted by atomic mass is 10.1. The van der Waals surface area contributed by atoms with E-state index < -0.39 is 0 Å². The van der Waals surface area contributed by atoms with Gasteiger partial charge in [-0.15, -0.1) is 0 Å². The summed E-state index contributed by atoms with van der Waals surface area (Å²) < 4.78 is 16.1. The smallest absolute Gasteiger partial charge is 0.262 e. The number of nitrogens with one attached hydrogen (secondary N) is 1. The van der Waals surface area contributed by atoms with Crippen LogP contribution < -0.4 is 19.5 Å². The fourth-order valence-electron chi connectivity index (χ4n) is 2.69. The van der Waals surface area contributed by atoms with E-state index in [0.717, 1.165) is 11.1 Å². The maximum atomic E-state index is 12.1. The van der Waals surface area contributed by atoms with Crippen LogP contribution in [0, 0.1) is 0 Å². The molecular weight excluding hydrogens is 330 g/mol. The molecule has 5 nitrogen and oxygen atoms in total. The van der Waals surface area contributed by atoms with Crippen molar-refractivity contribution >= 4 is 11.6 Å². The van der Waals surface area contributed by atoms with Crippen LogP contribution >= 0.6 is 0 Å². The fourth-order valence-corrected chi connectivity index (χ4v) is 2.69. The van der Waals surface area contributed by atoms with Gasteiger partial charge in [0.2, 0.25) is 6.79 Å². The summed E-state index contributed by atoms with van der Waals surface area (Å²) in [6.07, 6.45) is 0. The van der Waals surface area contributed by atoms with E-state index in [1.54, 1.807) is 18.2 Å². The molecule has 0 atom stereocenters. The molecule has 5 heteroatoms. The Balaban J connectivity index is 1.33. The van der Waals surface area contributed by atoms with Crippen LogP contribution in [0.15, 0.2) is 72.8 Å². The molecule has 26 heavy (non-hydrogen) atoms. The molecule has 1 amide bonds. The molecule has 130 valence electrons. The molecule has 0 fully saturated rings. The van der Waals surface area contributed by atoms with E-state index in [-0.39, 0.29) is 19.3 Å². The maximum absolute atomic E-state index is 12.1. The van der Waals surface area contributed by atoms with E-state index in [4.69, 9.17) is 14.2 Å². The number of rotatable bonds is 5. The molecule has 0 unspecified atom stereocenters. The molecule has 1 aliphatic rings. The molecule has 0 bridgehead atoms. The van der Waals surface area contributed by atoms with Crippen molar-refractivity contribution in [1.82, 2.24) is 0 Å². The second-order valence-corrected chi connectivity index (χ2v) is 5.80. The normalized spacial score (nSPS) is 11.8. The van der Waals surface area contributed by atoms with E-state index in [1.165, 1.54) is 0 Å². The van der Waals surface area contributed by atoms with E-state index in [0.29, 0.717) is 22.9 Å². The summed E-state index contributed by atoms with van der Waals surface area (Å²) in [4.78, 5) is 12.1. The number of hydrogen-bond donors (Lipinski definition) is 1. The molecule has 4 rings (SSSR count). The van der Waals surface area contributed by atoms with Gasteiger partial charge in [-0.05, 0) is 35.4 Å².